The third-order valence-electron chi connectivity index (χ3n) is 2.35. The molecular weight excluding hydrogens is 317 g/mol. The Morgan fingerprint density at radius 3 is 2.43 bits per heavy atom. The van der Waals surface area contributed by atoms with E-state index in [1.807, 2.05) is 0 Å². The van der Waals surface area contributed by atoms with Gasteiger partial charge in [0.05, 0.1) is 0 Å². The van der Waals surface area contributed by atoms with Gasteiger partial charge >= 0.3 is 21.3 Å². The average molecular weight is 322 g/mol. The van der Waals surface area contributed by atoms with E-state index < -0.39 is 27.0 Å². The molecule has 0 N–H and O–H groups in total. The van der Waals surface area contributed by atoms with Crippen molar-refractivity contribution in [1.82, 2.24) is 0 Å². The highest BCUT2D eigenvalue weighted by Gasteiger charge is 2.48. The summed E-state index contributed by atoms with van der Waals surface area (Å²) in [7, 11) is -5.82. The van der Waals surface area contributed by atoms with Gasteiger partial charge in [0.2, 0.25) is 0 Å². The lowest BCUT2D eigenvalue weighted by Gasteiger charge is -2.09. The van der Waals surface area contributed by atoms with Crippen molar-refractivity contribution < 1.29 is 35.0 Å². The van der Waals surface area contributed by atoms with Gasteiger partial charge in [-0.15, -0.1) is 0 Å². The zero-order valence-electron chi connectivity index (χ0n) is 9.88. The number of hydrogen-bond acceptors (Lipinski definition) is 6. The second kappa shape index (κ2) is 4.88. The Bertz CT molecular complexity index is 866. The third-order valence-corrected chi connectivity index (χ3v) is 3.33. The van der Waals surface area contributed by atoms with Crippen molar-refractivity contribution in [2.45, 2.75) is 5.51 Å². The maximum Gasteiger partial charge on any atom is 0.534 e. The molecule has 0 aliphatic carbocycles. The summed E-state index contributed by atoms with van der Waals surface area (Å²) >= 11 is 0. The van der Waals surface area contributed by atoms with Crippen LogP contribution < -0.4 is 9.81 Å². The zero-order chi connectivity index (χ0) is 15.8. The molecule has 0 fully saturated rings. The summed E-state index contributed by atoms with van der Waals surface area (Å²) < 4.78 is 66.8. The molecule has 0 spiro atoms. The molecule has 2 rings (SSSR count). The van der Waals surface area contributed by atoms with Gasteiger partial charge in [-0.3, -0.25) is 4.79 Å². The number of fused-ring (bicyclic) bond motifs is 1. The number of benzene rings is 1. The van der Waals surface area contributed by atoms with Crippen LogP contribution in [0.15, 0.2) is 33.5 Å². The molecule has 0 unspecified atom stereocenters. The van der Waals surface area contributed by atoms with Crippen molar-refractivity contribution in [3.8, 4) is 5.75 Å². The summed E-state index contributed by atoms with van der Waals surface area (Å²) in [5, 5.41) is 0.216. The lowest BCUT2D eigenvalue weighted by Crippen LogP contribution is -2.28. The van der Waals surface area contributed by atoms with Crippen molar-refractivity contribution in [2.24, 2.45) is 0 Å². The number of carbonyl (C=O) groups is 1. The van der Waals surface area contributed by atoms with Crippen molar-refractivity contribution in [3.63, 3.8) is 0 Å². The Hall–Kier alpha value is -2.36. The Morgan fingerprint density at radius 2 is 1.86 bits per heavy atom. The van der Waals surface area contributed by atoms with Crippen LogP contribution >= 0.6 is 0 Å². The minimum Gasteiger partial charge on any atom is -0.422 e. The molecule has 2 aromatic rings. The highest BCUT2D eigenvalue weighted by Crippen LogP contribution is 2.28. The third kappa shape index (κ3) is 2.89. The van der Waals surface area contributed by atoms with Crippen LogP contribution in [-0.4, -0.2) is 20.2 Å². The largest absolute Gasteiger partial charge is 0.534 e. The SMILES string of the molecule is O=Cc1cc2ccc(OS(=O)(=O)C(F)(F)F)cc2oc1=O. The maximum absolute atomic E-state index is 12.2. The van der Waals surface area contributed by atoms with E-state index in [0.717, 1.165) is 24.3 Å². The molecule has 0 amide bonds. The van der Waals surface area contributed by atoms with Crippen LogP contribution in [0.2, 0.25) is 0 Å². The van der Waals surface area contributed by atoms with E-state index in [0.29, 0.717) is 0 Å². The quantitative estimate of drug-likeness (QED) is 0.371. The van der Waals surface area contributed by atoms with Crippen LogP contribution in [0, 0.1) is 0 Å². The first-order valence-corrected chi connectivity index (χ1v) is 6.59. The zero-order valence-corrected chi connectivity index (χ0v) is 10.7. The molecule has 0 saturated heterocycles. The molecule has 0 aliphatic heterocycles. The predicted molar refractivity (Wildman–Crippen MR) is 63.5 cm³/mol. The summed E-state index contributed by atoms with van der Waals surface area (Å²) in [6.45, 7) is 0. The molecule has 0 bridgehead atoms. The van der Waals surface area contributed by atoms with Crippen LogP contribution in [0.4, 0.5) is 13.2 Å². The predicted octanol–water partition coefficient (Wildman–Crippen LogP) is 1.83. The minimum atomic E-state index is -5.82. The Balaban J connectivity index is 2.50. The number of halogens is 3. The van der Waals surface area contributed by atoms with E-state index in [1.54, 1.807) is 0 Å². The second-order valence-corrected chi connectivity index (χ2v) is 5.33. The first-order valence-electron chi connectivity index (χ1n) is 5.18. The number of rotatable bonds is 3. The minimum absolute atomic E-state index is 0.216. The van der Waals surface area contributed by atoms with Crippen LogP contribution in [0.25, 0.3) is 11.0 Å². The fraction of sp³-hybridized carbons (Fsp3) is 0.0909. The van der Waals surface area contributed by atoms with Gasteiger partial charge in [-0.05, 0) is 18.2 Å². The first kappa shape index (κ1) is 15.0. The van der Waals surface area contributed by atoms with Gasteiger partial charge in [0, 0.05) is 11.5 Å². The number of aldehydes is 1. The van der Waals surface area contributed by atoms with Crippen LogP contribution in [0.5, 0.6) is 5.75 Å². The molecule has 1 aromatic heterocycles. The lowest BCUT2D eigenvalue weighted by atomic mass is 10.2. The molecule has 10 heteroatoms. The second-order valence-electron chi connectivity index (χ2n) is 3.79. The number of hydrogen-bond donors (Lipinski definition) is 0. The fourth-order valence-electron chi connectivity index (χ4n) is 1.42. The topological polar surface area (TPSA) is 90.7 Å². The normalized spacial score (nSPS) is 12.3. The summed E-state index contributed by atoms with van der Waals surface area (Å²) in [5.41, 5.74) is -7.09. The van der Waals surface area contributed by atoms with E-state index in [9.17, 15) is 31.2 Å². The summed E-state index contributed by atoms with van der Waals surface area (Å²) in [6, 6.07) is 4.03. The molecule has 21 heavy (non-hydrogen) atoms. The average Bonchev–Trinajstić information content (AvgIpc) is 2.36. The fourth-order valence-corrected chi connectivity index (χ4v) is 1.87. The molecule has 1 aromatic carbocycles. The van der Waals surface area contributed by atoms with E-state index >= 15 is 0 Å². The van der Waals surface area contributed by atoms with Gasteiger partial charge in [0.15, 0.2) is 6.29 Å². The van der Waals surface area contributed by atoms with Crippen LogP contribution in [-0.2, 0) is 10.1 Å². The number of carbonyl (C=O) groups excluding carboxylic acids is 1. The summed E-state index contributed by atoms with van der Waals surface area (Å²) in [4.78, 5) is 21.8. The van der Waals surface area contributed by atoms with Gasteiger partial charge in [0.25, 0.3) is 0 Å². The van der Waals surface area contributed by atoms with Crippen molar-refractivity contribution in [2.75, 3.05) is 0 Å². The molecule has 0 aliphatic rings. The summed E-state index contributed by atoms with van der Waals surface area (Å²) in [5.74, 6) is -0.679. The first-order chi connectivity index (χ1) is 9.64. The van der Waals surface area contributed by atoms with E-state index in [1.165, 1.54) is 0 Å². The van der Waals surface area contributed by atoms with Crippen molar-refractivity contribution >= 4 is 27.4 Å². The molecule has 0 radical (unpaired) electrons. The van der Waals surface area contributed by atoms with Crippen LogP contribution in [0.3, 0.4) is 0 Å². The Kier molecular flexibility index (Phi) is 3.49. The van der Waals surface area contributed by atoms with Crippen molar-refractivity contribution in [1.29, 1.82) is 0 Å². The molecular formula is C11H5F3O6S. The maximum atomic E-state index is 12.2. The highest BCUT2D eigenvalue weighted by molar-refractivity contribution is 7.88. The van der Waals surface area contributed by atoms with Gasteiger partial charge in [-0.2, -0.15) is 21.6 Å². The van der Waals surface area contributed by atoms with Gasteiger partial charge < -0.3 is 8.60 Å². The van der Waals surface area contributed by atoms with E-state index in [2.05, 4.69) is 8.60 Å². The van der Waals surface area contributed by atoms with Gasteiger partial charge in [-0.1, -0.05) is 0 Å². The monoisotopic (exact) mass is 322 g/mol. The smallest absolute Gasteiger partial charge is 0.422 e. The standard InChI is InChI=1S/C11H5F3O6S/c12-11(13,14)21(17,18)20-8-2-1-6-3-7(5-15)10(16)19-9(6)4-8/h1-5H. The van der Waals surface area contributed by atoms with Gasteiger partial charge in [-0.25, -0.2) is 4.79 Å². The van der Waals surface area contributed by atoms with E-state index in [4.69, 9.17) is 0 Å². The molecule has 112 valence electrons. The molecule has 6 nitrogen and oxygen atoms in total. The Labute approximate surface area is 114 Å². The van der Waals surface area contributed by atoms with E-state index in [-0.39, 0.29) is 22.8 Å². The lowest BCUT2D eigenvalue weighted by molar-refractivity contribution is -0.0500. The molecule has 0 saturated carbocycles. The Morgan fingerprint density at radius 1 is 1.19 bits per heavy atom. The summed E-state index contributed by atoms with van der Waals surface area (Å²) in [6.07, 6.45) is 0.254. The highest BCUT2D eigenvalue weighted by atomic mass is 32.2. The van der Waals surface area contributed by atoms with Gasteiger partial charge in [0.1, 0.15) is 16.9 Å². The molecule has 1 heterocycles. The van der Waals surface area contributed by atoms with Crippen LogP contribution in [0.1, 0.15) is 10.4 Å². The number of alkyl halides is 3. The molecule has 0 atom stereocenters. The van der Waals surface area contributed by atoms with Crippen molar-refractivity contribution in [3.05, 3.63) is 40.2 Å².